The molecule has 2 amide bonds. The second kappa shape index (κ2) is 7.66. The van der Waals surface area contributed by atoms with Crippen molar-refractivity contribution in [3.8, 4) is 11.1 Å². The molecule has 1 aliphatic rings. The molecule has 4 rings (SSSR count). The number of benzene rings is 3. The maximum Gasteiger partial charge on any atom is 0.274 e. The van der Waals surface area contributed by atoms with Crippen molar-refractivity contribution in [3.63, 3.8) is 0 Å². The second-order valence-electron chi connectivity index (χ2n) is 6.84. The van der Waals surface area contributed by atoms with Crippen LogP contribution in [0, 0.1) is 0 Å². The molecule has 0 unspecified atom stereocenters. The van der Waals surface area contributed by atoms with Gasteiger partial charge in [-0.05, 0) is 52.9 Å². The third-order valence-corrected chi connectivity index (χ3v) is 5.11. The molecular weight excluding hydrogens is 352 g/mol. The van der Waals surface area contributed by atoms with Gasteiger partial charge in [0.25, 0.3) is 11.8 Å². The molecule has 0 saturated carbocycles. The van der Waals surface area contributed by atoms with Gasteiger partial charge in [-0.2, -0.15) is 0 Å². The number of rotatable bonds is 3. The number of fused-ring (bicyclic) bond motifs is 1. The van der Waals surface area contributed by atoms with Crippen LogP contribution < -0.4 is 5.48 Å². The van der Waals surface area contributed by atoms with E-state index in [1.807, 2.05) is 60.7 Å². The van der Waals surface area contributed by atoms with Crippen LogP contribution in [0.5, 0.6) is 0 Å². The number of carbonyl (C=O) groups excluding carboxylic acids is 2. The third kappa shape index (κ3) is 3.52. The van der Waals surface area contributed by atoms with Crippen molar-refractivity contribution >= 4 is 11.8 Å². The van der Waals surface area contributed by atoms with Crippen LogP contribution in [0.25, 0.3) is 11.1 Å². The summed E-state index contributed by atoms with van der Waals surface area (Å²) in [6, 6.07) is 23.0. The zero-order valence-corrected chi connectivity index (χ0v) is 15.3. The highest BCUT2D eigenvalue weighted by molar-refractivity contribution is 5.95. The van der Waals surface area contributed by atoms with Gasteiger partial charge < -0.3 is 4.90 Å². The SMILES string of the molecule is O=C(NO)c1ccc2c(c1)CN(C(=O)c1ccc(-c3ccccc3)cc1)CC2. The van der Waals surface area contributed by atoms with Crippen molar-refractivity contribution < 1.29 is 14.8 Å². The van der Waals surface area contributed by atoms with Crippen molar-refractivity contribution in [2.24, 2.45) is 0 Å². The van der Waals surface area contributed by atoms with E-state index >= 15 is 0 Å². The molecule has 5 heteroatoms. The molecule has 28 heavy (non-hydrogen) atoms. The smallest absolute Gasteiger partial charge is 0.274 e. The Labute approximate surface area is 163 Å². The molecule has 1 heterocycles. The van der Waals surface area contributed by atoms with Gasteiger partial charge in [-0.25, -0.2) is 5.48 Å². The number of hydrogen-bond donors (Lipinski definition) is 2. The monoisotopic (exact) mass is 372 g/mol. The van der Waals surface area contributed by atoms with Crippen LogP contribution in [0.3, 0.4) is 0 Å². The predicted octanol–water partition coefficient (Wildman–Crippen LogP) is 3.67. The van der Waals surface area contributed by atoms with E-state index in [1.54, 1.807) is 22.5 Å². The van der Waals surface area contributed by atoms with Crippen LogP contribution in [0.15, 0.2) is 72.8 Å². The molecule has 5 nitrogen and oxygen atoms in total. The Kier molecular flexibility index (Phi) is 4.91. The fourth-order valence-electron chi connectivity index (χ4n) is 3.55. The lowest BCUT2D eigenvalue weighted by molar-refractivity contribution is 0.0706. The number of carbonyl (C=O) groups is 2. The van der Waals surface area contributed by atoms with Crippen molar-refractivity contribution in [3.05, 3.63) is 95.1 Å². The molecule has 0 saturated heterocycles. The van der Waals surface area contributed by atoms with Crippen LogP contribution in [0.2, 0.25) is 0 Å². The van der Waals surface area contributed by atoms with Gasteiger partial charge in [0.15, 0.2) is 0 Å². The van der Waals surface area contributed by atoms with Gasteiger partial charge in [-0.3, -0.25) is 14.8 Å². The number of nitrogens with zero attached hydrogens (tertiary/aromatic N) is 1. The Morgan fingerprint density at radius 3 is 2.21 bits per heavy atom. The molecule has 0 radical (unpaired) electrons. The summed E-state index contributed by atoms with van der Waals surface area (Å²) in [6.07, 6.45) is 0.740. The Bertz CT molecular complexity index is 1010. The van der Waals surface area contributed by atoms with Gasteiger partial charge in [-0.15, -0.1) is 0 Å². The number of amides is 2. The zero-order valence-electron chi connectivity index (χ0n) is 15.3. The summed E-state index contributed by atoms with van der Waals surface area (Å²) in [5, 5.41) is 8.82. The standard InChI is InChI=1S/C23H20N2O3/c26-22(24-28)20-11-8-18-12-13-25(15-21(18)14-20)23(27)19-9-6-17(7-10-19)16-4-2-1-3-5-16/h1-11,14,28H,12-13,15H2,(H,24,26). The molecule has 3 aromatic carbocycles. The van der Waals surface area contributed by atoms with E-state index in [2.05, 4.69) is 0 Å². The van der Waals surface area contributed by atoms with Gasteiger partial charge in [0.05, 0.1) is 0 Å². The summed E-state index contributed by atoms with van der Waals surface area (Å²) in [5.74, 6) is -0.579. The predicted molar refractivity (Wildman–Crippen MR) is 106 cm³/mol. The van der Waals surface area contributed by atoms with Gasteiger partial charge in [0.2, 0.25) is 0 Å². The first kappa shape index (κ1) is 17.9. The first-order valence-electron chi connectivity index (χ1n) is 9.17. The fourth-order valence-corrected chi connectivity index (χ4v) is 3.55. The second-order valence-corrected chi connectivity index (χ2v) is 6.84. The molecule has 1 aliphatic heterocycles. The van der Waals surface area contributed by atoms with Crippen LogP contribution in [0.1, 0.15) is 31.8 Å². The molecule has 0 bridgehead atoms. The lowest BCUT2D eigenvalue weighted by Crippen LogP contribution is -2.36. The molecule has 3 aromatic rings. The fraction of sp³-hybridized carbons (Fsp3) is 0.130. The topological polar surface area (TPSA) is 69.6 Å². The van der Waals surface area contributed by atoms with Gasteiger partial charge in [0.1, 0.15) is 0 Å². The number of hydroxylamine groups is 1. The molecule has 0 spiro atoms. The molecule has 0 aromatic heterocycles. The Morgan fingerprint density at radius 1 is 0.821 bits per heavy atom. The summed E-state index contributed by atoms with van der Waals surface area (Å²) in [7, 11) is 0. The summed E-state index contributed by atoms with van der Waals surface area (Å²) < 4.78 is 0. The van der Waals surface area contributed by atoms with Gasteiger partial charge in [-0.1, -0.05) is 48.5 Å². The summed E-state index contributed by atoms with van der Waals surface area (Å²) in [5.41, 5.74) is 6.91. The molecule has 0 aliphatic carbocycles. The van der Waals surface area contributed by atoms with Gasteiger partial charge >= 0.3 is 0 Å². The normalized spacial score (nSPS) is 13.0. The average Bonchev–Trinajstić information content (AvgIpc) is 2.78. The third-order valence-electron chi connectivity index (χ3n) is 5.11. The molecule has 2 N–H and O–H groups in total. The average molecular weight is 372 g/mol. The molecule has 0 fully saturated rings. The lowest BCUT2D eigenvalue weighted by Gasteiger charge is -2.29. The Morgan fingerprint density at radius 2 is 1.50 bits per heavy atom. The largest absolute Gasteiger partial charge is 0.334 e. The van der Waals surface area contributed by atoms with E-state index < -0.39 is 5.91 Å². The van der Waals surface area contributed by atoms with E-state index in [9.17, 15) is 9.59 Å². The summed E-state index contributed by atoms with van der Waals surface area (Å²) in [4.78, 5) is 26.4. The van der Waals surface area contributed by atoms with Crippen molar-refractivity contribution in [2.75, 3.05) is 6.54 Å². The highest BCUT2D eigenvalue weighted by atomic mass is 16.5. The van der Waals surface area contributed by atoms with Crippen molar-refractivity contribution in [1.29, 1.82) is 0 Å². The Balaban J connectivity index is 1.52. The maximum absolute atomic E-state index is 12.9. The highest BCUT2D eigenvalue weighted by Gasteiger charge is 2.22. The highest BCUT2D eigenvalue weighted by Crippen LogP contribution is 2.24. The molecular formula is C23H20N2O3. The van der Waals surface area contributed by atoms with E-state index in [1.165, 1.54) is 0 Å². The van der Waals surface area contributed by atoms with Crippen molar-refractivity contribution in [2.45, 2.75) is 13.0 Å². The number of nitrogens with one attached hydrogen (secondary N) is 1. The molecule has 0 atom stereocenters. The molecule has 140 valence electrons. The first-order valence-corrected chi connectivity index (χ1v) is 9.17. The van der Waals surface area contributed by atoms with Crippen molar-refractivity contribution in [1.82, 2.24) is 10.4 Å². The van der Waals surface area contributed by atoms with E-state index in [-0.39, 0.29) is 5.91 Å². The summed E-state index contributed by atoms with van der Waals surface area (Å²) in [6.45, 7) is 1.08. The van der Waals surface area contributed by atoms with E-state index in [0.717, 1.165) is 28.7 Å². The zero-order chi connectivity index (χ0) is 19.5. The lowest BCUT2D eigenvalue weighted by atomic mass is 9.96. The van der Waals surface area contributed by atoms with Gasteiger partial charge in [0, 0.05) is 24.2 Å². The van der Waals surface area contributed by atoms with E-state index in [4.69, 9.17) is 5.21 Å². The first-order chi connectivity index (χ1) is 13.7. The van der Waals surface area contributed by atoms with E-state index in [0.29, 0.717) is 24.2 Å². The maximum atomic E-state index is 12.9. The minimum absolute atomic E-state index is 0.0257. The van der Waals surface area contributed by atoms with Crippen LogP contribution in [-0.4, -0.2) is 28.5 Å². The summed E-state index contributed by atoms with van der Waals surface area (Å²) >= 11 is 0. The minimum Gasteiger partial charge on any atom is -0.334 e. The quantitative estimate of drug-likeness (QED) is 0.544. The van der Waals surface area contributed by atoms with Crippen LogP contribution >= 0.6 is 0 Å². The van der Waals surface area contributed by atoms with Crippen LogP contribution in [-0.2, 0) is 13.0 Å². The number of hydrogen-bond acceptors (Lipinski definition) is 3. The minimum atomic E-state index is -0.553. The van der Waals surface area contributed by atoms with Crippen LogP contribution in [0.4, 0.5) is 0 Å². The Hall–Kier alpha value is -3.44.